The van der Waals surface area contributed by atoms with Gasteiger partial charge in [-0.15, -0.1) is 0 Å². The highest BCUT2D eigenvalue weighted by molar-refractivity contribution is 14.1. The maximum Gasteiger partial charge on any atom is 0.109 e. The molecule has 0 amide bonds. The van der Waals surface area contributed by atoms with Crippen molar-refractivity contribution in [3.63, 3.8) is 0 Å². The molecule has 0 aliphatic carbocycles. The summed E-state index contributed by atoms with van der Waals surface area (Å²) < 4.78 is 1.07. The van der Waals surface area contributed by atoms with E-state index in [0.717, 1.165) is 3.70 Å². The van der Waals surface area contributed by atoms with Gasteiger partial charge in [-0.25, -0.2) is 4.98 Å². The van der Waals surface area contributed by atoms with Crippen LogP contribution in [0.2, 0.25) is 0 Å². The summed E-state index contributed by atoms with van der Waals surface area (Å²) in [4.78, 5) is 4.42. The molecule has 0 bridgehead atoms. The molecule has 0 unspecified atom stereocenters. The maximum atomic E-state index is 4.42. The summed E-state index contributed by atoms with van der Waals surface area (Å²) in [6.45, 7) is 0. The van der Waals surface area contributed by atoms with E-state index in [9.17, 15) is 0 Å². The van der Waals surface area contributed by atoms with E-state index in [1.165, 1.54) is 32.3 Å². The van der Waals surface area contributed by atoms with Crippen LogP contribution in [-0.4, -0.2) is 4.98 Å². The molecule has 2 heteroatoms. The standard InChI is InChI=1S/C17H10IN/c18-17-16-11(7-8-19-17)5-6-14-9-12-3-1-2-4-13(12)10-15(14)16/h1-10H. The Hall–Kier alpha value is -1.68. The van der Waals surface area contributed by atoms with Crippen LogP contribution in [-0.2, 0) is 0 Å². The predicted molar refractivity (Wildman–Crippen MR) is 89.5 cm³/mol. The lowest BCUT2D eigenvalue weighted by Crippen LogP contribution is -1.85. The highest BCUT2D eigenvalue weighted by atomic mass is 127. The Kier molecular flexibility index (Phi) is 2.45. The van der Waals surface area contributed by atoms with Gasteiger partial charge in [0.2, 0.25) is 0 Å². The van der Waals surface area contributed by atoms with Gasteiger partial charge in [0.1, 0.15) is 3.70 Å². The van der Waals surface area contributed by atoms with E-state index in [2.05, 4.69) is 82.2 Å². The Morgan fingerprint density at radius 1 is 0.737 bits per heavy atom. The molecular weight excluding hydrogens is 345 g/mol. The van der Waals surface area contributed by atoms with E-state index in [1.807, 2.05) is 6.20 Å². The van der Waals surface area contributed by atoms with Crippen LogP contribution in [0.25, 0.3) is 32.3 Å². The molecule has 0 aliphatic rings. The second-order valence-electron chi connectivity index (χ2n) is 4.69. The second-order valence-corrected chi connectivity index (χ2v) is 5.71. The van der Waals surface area contributed by atoms with Gasteiger partial charge in [-0.3, -0.25) is 0 Å². The molecule has 0 N–H and O–H groups in total. The molecule has 0 saturated heterocycles. The van der Waals surface area contributed by atoms with Crippen molar-refractivity contribution in [1.29, 1.82) is 0 Å². The first kappa shape index (κ1) is 11.2. The average molecular weight is 355 g/mol. The van der Waals surface area contributed by atoms with Crippen LogP contribution >= 0.6 is 22.6 Å². The molecule has 90 valence electrons. The van der Waals surface area contributed by atoms with Crippen LogP contribution in [0.3, 0.4) is 0 Å². The van der Waals surface area contributed by atoms with E-state index in [-0.39, 0.29) is 0 Å². The minimum absolute atomic E-state index is 1.07. The van der Waals surface area contributed by atoms with Crippen molar-refractivity contribution < 1.29 is 0 Å². The van der Waals surface area contributed by atoms with Gasteiger partial charge in [0.25, 0.3) is 0 Å². The first-order valence-electron chi connectivity index (χ1n) is 6.19. The Balaban J connectivity index is 2.29. The Morgan fingerprint density at radius 2 is 1.47 bits per heavy atom. The van der Waals surface area contributed by atoms with Crippen LogP contribution in [0, 0.1) is 3.70 Å². The third-order valence-corrected chi connectivity index (χ3v) is 4.38. The van der Waals surface area contributed by atoms with Gasteiger partial charge in [0, 0.05) is 11.6 Å². The zero-order chi connectivity index (χ0) is 12.8. The molecule has 0 atom stereocenters. The molecule has 0 radical (unpaired) electrons. The molecule has 19 heavy (non-hydrogen) atoms. The van der Waals surface area contributed by atoms with Gasteiger partial charge >= 0.3 is 0 Å². The lowest BCUT2D eigenvalue weighted by atomic mass is 9.99. The fraction of sp³-hybridized carbons (Fsp3) is 0. The molecule has 0 aliphatic heterocycles. The largest absolute Gasteiger partial charge is 0.250 e. The summed E-state index contributed by atoms with van der Waals surface area (Å²) in [5.74, 6) is 0. The van der Waals surface area contributed by atoms with Crippen LogP contribution in [0.15, 0.2) is 60.8 Å². The summed E-state index contributed by atoms with van der Waals surface area (Å²) in [7, 11) is 0. The van der Waals surface area contributed by atoms with Gasteiger partial charge in [-0.2, -0.15) is 0 Å². The Morgan fingerprint density at radius 3 is 2.32 bits per heavy atom. The number of aromatic nitrogens is 1. The highest BCUT2D eigenvalue weighted by Gasteiger charge is 2.06. The lowest BCUT2D eigenvalue weighted by molar-refractivity contribution is 1.31. The van der Waals surface area contributed by atoms with Crippen LogP contribution < -0.4 is 0 Å². The molecule has 0 spiro atoms. The first-order valence-corrected chi connectivity index (χ1v) is 7.26. The number of hydrogen-bond donors (Lipinski definition) is 0. The quantitative estimate of drug-likeness (QED) is 0.184. The number of halogens is 1. The smallest absolute Gasteiger partial charge is 0.109 e. The van der Waals surface area contributed by atoms with Crippen LogP contribution in [0.5, 0.6) is 0 Å². The zero-order valence-electron chi connectivity index (χ0n) is 10.1. The Labute approximate surface area is 124 Å². The number of nitrogens with zero attached hydrogens (tertiary/aromatic N) is 1. The number of fused-ring (bicyclic) bond motifs is 4. The average Bonchev–Trinajstić information content (AvgIpc) is 2.45. The molecule has 0 saturated carbocycles. The van der Waals surface area contributed by atoms with Crippen molar-refractivity contribution >= 4 is 54.9 Å². The van der Waals surface area contributed by atoms with E-state index < -0.39 is 0 Å². The third-order valence-electron chi connectivity index (χ3n) is 3.57. The summed E-state index contributed by atoms with van der Waals surface area (Å²) in [6, 6.07) is 19.5. The van der Waals surface area contributed by atoms with Crippen molar-refractivity contribution in [3.8, 4) is 0 Å². The normalized spacial score (nSPS) is 11.4. The Bertz CT molecular complexity index is 928. The van der Waals surface area contributed by atoms with Crippen LogP contribution in [0.4, 0.5) is 0 Å². The monoisotopic (exact) mass is 355 g/mol. The SMILES string of the molecule is Ic1nccc2ccc3cc4ccccc4cc3c12. The van der Waals surface area contributed by atoms with Gasteiger partial charge in [0.05, 0.1) is 0 Å². The zero-order valence-corrected chi connectivity index (χ0v) is 12.3. The van der Waals surface area contributed by atoms with Gasteiger partial charge in [-0.1, -0.05) is 36.4 Å². The summed E-state index contributed by atoms with van der Waals surface area (Å²) in [5.41, 5.74) is 0. The molecule has 4 rings (SSSR count). The van der Waals surface area contributed by atoms with Crippen molar-refractivity contribution in [2.24, 2.45) is 0 Å². The highest BCUT2D eigenvalue weighted by Crippen LogP contribution is 2.31. The fourth-order valence-electron chi connectivity index (χ4n) is 2.65. The van der Waals surface area contributed by atoms with Crippen molar-refractivity contribution in [3.05, 3.63) is 64.5 Å². The molecule has 0 fully saturated rings. The minimum Gasteiger partial charge on any atom is -0.250 e. The number of rotatable bonds is 0. The minimum atomic E-state index is 1.07. The number of pyridine rings is 1. The van der Waals surface area contributed by atoms with Crippen molar-refractivity contribution in [2.75, 3.05) is 0 Å². The van der Waals surface area contributed by atoms with Crippen molar-refractivity contribution in [1.82, 2.24) is 4.98 Å². The number of hydrogen-bond acceptors (Lipinski definition) is 1. The third kappa shape index (κ3) is 1.70. The lowest BCUT2D eigenvalue weighted by Gasteiger charge is -2.07. The van der Waals surface area contributed by atoms with E-state index in [0.29, 0.717) is 0 Å². The van der Waals surface area contributed by atoms with Gasteiger partial charge in [-0.05, 0) is 67.7 Å². The fourth-order valence-corrected chi connectivity index (χ4v) is 3.41. The molecular formula is C17H10IN. The molecule has 1 aromatic heterocycles. The van der Waals surface area contributed by atoms with Crippen molar-refractivity contribution in [2.45, 2.75) is 0 Å². The van der Waals surface area contributed by atoms with E-state index in [4.69, 9.17) is 0 Å². The molecule has 4 aromatic rings. The van der Waals surface area contributed by atoms with Crippen LogP contribution in [0.1, 0.15) is 0 Å². The van der Waals surface area contributed by atoms with Gasteiger partial charge in [0.15, 0.2) is 0 Å². The summed E-state index contributed by atoms with van der Waals surface area (Å²) >= 11 is 2.32. The summed E-state index contributed by atoms with van der Waals surface area (Å²) in [6.07, 6.45) is 1.87. The maximum absolute atomic E-state index is 4.42. The number of benzene rings is 3. The topological polar surface area (TPSA) is 12.9 Å². The molecule has 3 aromatic carbocycles. The van der Waals surface area contributed by atoms with E-state index in [1.54, 1.807) is 0 Å². The predicted octanol–water partition coefficient (Wildman–Crippen LogP) is 5.15. The summed E-state index contributed by atoms with van der Waals surface area (Å²) in [5, 5.41) is 7.63. The second kappa shape index (κ2) is 4.17. The van der Waals surface area contributed by atoms with E-state index >= 15 is 0 Å². The first-order chi connectivity index (χ1) is 9.33. The molecule has 1 heterocycles. The molecule has 1 nitrogen and oxygen atoms in total. The van der Waals surface area contributed by atoms with Gasteiger partial charge < -0.3 is 0 Å².